The highest BCUT2D eigenvalue weighted by Crippen LogP contribution is 2.40. The van der Waals surface area contributed by atoms with Crippen LogP contribution in [0.4, 0.5) is 0 Å². The fourth-order valence-electron chi connectivity index (χ4n) is 2.47. The van der Waals surface area contributed by atoms with Crippen LogP contribution in [0.5, 0.6) is 0 Å². The molecule has 0 aliphatic heterocycles. The van der Waals surface area contributed by atoms with E-state index in [1.54, 1.807) is 0 Å². The van der Waals surface area contributed by atoms with Crippen LogP contribution in [0.1, 0.15) is 47.6 Å². The summed E-state index contributed by atoms with van der Waals surface area (Å²) < 4.78 is 1.87. The predicted molar refractivity (Wildman–Crippen MR) is 96.7 cm³/mol. The lowest BCUT2D eigenvalue weighted by molar-refractivity contribution is -0.118. The lowest BCUT2D eigenvalue weighted by atomic mass is 10.1. The molecule has 26 heavy (non-hydrogen) atoms. The van der Waals surface area contributed by atoms with Crippen LogP contribution in [0.3, 0.4) is 0 Å². The van der Waals surface area contributed by atoms with Crippen LogP contribution in [0.25, 0.3) is 0 Å². The normalized spacial score (nSPS) is 14.8. The van der Waals surface area contributed by atoms with Crippen molar-refractivity contribution in [3.8, 4) is 6.07 Å². The Morgan fingerprint density at radius 1 is 1.50 bits per heavy atom. The quantitative estimate of drug-likeness (QED) is 0.646. The van der Waals surface area contributed by atoms with Crippen LogP contribution in [-0.4, -0.2) is 37.2 Å². The fourth-order valence-corrected chi connectivity index (χ4v) is 4.21. The van der Waals surface area contributed by atoms with E-state index >= 15 is 0 Å². The van der Waals surface area contributed by atoms with Crippen molar-refractivity contribution in [2.24, 2.45) is 5.73 Å². The van der Waals surface area contributed by atoms with E-state index in [0.29, 0.717) is 22.6 Å². The Balaban J connectivity index is 1.69. The summed E-state index contributed by atoms with van der Waals surface area (Å²) in [5, 5.41) is 20.6. The molecule has 1 aliphatic carbocycles. The molecule has 1 aliphatic rings. The number of carbonyl (C=O) groups is 2. The highest BCUT2D eigenvalue weighted by Gasteiger charge is 2.31. The molecule has 1 fully saturated rings. The first-order chi connectivity index (χ1) is 12.5. The van der Waals surface area contributed by atoms with Gasteiger partial charge in [-0.2, -0.15) is 5.26 Å². The SMILES string of the molecule is Cc1csc(C(C#N)C(=O)CSc2nnc(C3CC3)n2CCC(N)=O)n1. The summed E-state index contributed by atoms with van der Waals surface area (Å²) in [6.45, 7) is 2.23. The van der Waals surface area contributed by atoms with Crippen molar-refractivity contribution < 1.29 is 9.59 Å². The van der Waals surface area contributed by atoms with Gasteiger partial charge in [0.1, 0.15) is 10.8 Å². The molecule has 10 heteroatoms. The van der Waals surface area contributed by atoms with Gasteiger partial charge in [0.2, 0.25) is 5.91 Å². The number of aryl methyl sites for hydroxylation is 1. The molecule has 3 rings (SSSR count). The van der Waals surface area contributed by atoms with Crippen LogP contribution < -0.4 is 5.73 Å². The second kappa shape index (κ2) is 7.97. The third-order valence-electron chi connectivity index (χ3n) is 3.95. The first-order valence-electron chi connectivity index (χ1n) is 8.18. The van der Waals surface area contributed by atoms with Crippen LogP contribution in [0.2, 0.25) is 0 Å². The van der Waals surface area contributed by atoms with Crippen LogP contribution in [-0.2, 0) is 16.1 Å². The van der Waals surface area contributed by atoms with Crippen molar-refractivity contribution in [2.45, 2.75) is 49.7 Å². The van der Waals surface area contributed by atoms with Gasteiger partial charge in [0.05, 0.1) is 11.8 Å². The fraction of sp³-hybridized carbons (Fsp3) is 0.500. The van der Waals surface area contributed by atoms with E-state index in [1.807, 2.05) is 22.9 Å². The number of nitriles is 1. The molecule has 1 amide bonds. The average molecular weight is 390 g/mol. The molecule has 0 aromatic carbocycles. The van der Waals surface area contributed by atoms with E-state index in [4.69, 9.17) is 5.73 Å². The Morgan fingerprint density at radius 3 is 2.85 bits per heavy atom. The average Bonchev–Trinajstić information content (AvgIpc) is 3.23. The molecular formula is C16H18N6O2S2. The van der Waals surface area contributed by atoms with Gasteiger partial charge in [-0.3, -0.25) is 9.59 Å². The van der Waals surface area contributed by atoms with Gasteiger partial charge in [-0.15, -0.1) is 21.5 Å². The molecule has 0 bridgehead atoms. The summed E-state index contributed by atoms with van der Waals surface area (Å²) in [5.74, 6) is -0.179. The van der Waals surface area contributed by atoms with Gasteiger partial charge in [-0.1, -0.05) is 11.8 Å². The maximum absolute atomic E-state index is 12.5. The van der Waals surface area contributed by atoms with Crippen molar-refractivity contribution in [3.63, 3.8) is 0 Å². The molecule has 136 valence electrons. The number of nitrogens with two attached hydrogens (primary N) is 1. The molecule has 1 saturated carbocycles. The van der Waals surface area contributed by atoms with Gasteiger partial charge in [-0.25, -0.2) is 4.98 Å². The molecule has 1 unspecified atom stereocenters. The lowest BCUT2D eigenvalue weighted by Crippen LogP contribution is -2.16. The third-order valence-corrected chi connectivity index (χ3v) is 5.96. The minimum Gasteiger partial charge on any atom is -0.370 e. The van der Waals surface area contributed by atoms with Crippen molar-refractivity contribution in [1.29, 1.82) is 5.26 Å². The van der Waals surface area contributed by atoms with Crippen molar-refractivity contribution >= 4 is 34.8 Å². The number of hydrogen-bond acceptors (Lipinski definition) is 8. The number of hydrogen-bond donors (Lipinski definition) is 1. The van der Waals surface area contributed by atoms with E-state index in [1.165, 1.54) is 23.1 Å². The number of rotatable bonds is 9. The molecule has 8 nitrogen and oxygen atoms in total. The van der Waals surface area contributed by atoms with Gasteiger partial charge < -0.3 is 10.3 Å². The lowest BCUT2D eigenvalue weighted by Gasteiger charge is -2.09. The molecular weight excluding hydrogens is 372 g/mol. The molecule has 2 aromatic rings. The Kier molecular flexibility index (Phi) is 5.68. The largest absolute Gasteiger partial charge is 0.370 e. The second-order valence-electron chi connectivity index (χ2n) is 6.13. The standard InChI is InChI=1S/C16H18N6O2S2/c1-9-7-25-15(19-9)11(6-17)12(23)8-26-16-21-20-14(10-2-3-10)22(16)5-4-13(18)24/h7,10-11H,2-5,8H2,1H3,(H2,18,24). The van der Waals surface area contributed by atoms with Gasteiger partial charge in [-0.05, 0) is 19.8 Å². The second-order valence-corrected chi connectivity index (χ2v) is 7.96. The van der Waals surface area contributed by atoms with Crippen molar-refractivity contribution in [1.82, 2.24) is 19.7 Å². The van der Waals surface area contributed by atoms with Crippen LogP contribution in [0, 0.1) is 18.3 Å². The maximum atomic E-state index is 12.5. The summed E-state index contributed by atoms with van der Waals surface area (Å²) in [7, 11) is 0. The minimum absolute atomic E-state index is 0.0935. The van der Waals surface area contributed by atoms with Crippen LogP contribution in [0.15, 0.2) is 10.5 Å². The number of nitrogens with zero attached hydrogens (tertiary/aromatic N) is 5. The van der Waals surface area contributed by atoms with E-state index in [9.17, 15) is 14.9 Å². The Bertz CT molecular complexity index is 864. The first-order valence-corrected chi connectivity index (χ1v) is 10.0. The zero-order valence-corrected chi connectivity index (χ0v) is 15.8. The topological polar surface area (TPSA) is 128 Å². The highest BCUT2D eigenvalue weighted by molar-refractivity contribution is 7.99. The molecule has 2 aromatic heterocycles. The molecule has 2 heterocycles. The Morgan fingerprint density at radius 2 is 2.27 bits per heavy atom. The number of carbonyl (C=O) groups excluding carboxylic acids is 2. The molecule has 0 spiro atoms. The summed E-state index contributed by atoms with van der Waals surface area (Å²) in [6.07, 6.45) is 2.30. The van der Waals surface area contributed by atoms with Gasteiger partial charge >= 0.3 is 0 Å². The zero-order chi connectivity index (χ0) is 18.7. The highest BCUT2D eigenvalue weighted by atomic mass is 32.2. The van der Waals surface area contributed by atoms with E-state index in [-0.39, 0.29) is 18.0 Å². The monoisotopic (exact) mass is 390 g/mol. The number of Topliss-reactive ketones (excluding diaryl/α,β-unsaturated/α-hetero) is 1. The summed E-state index contributed by atoms with van der Waals surface area (Å²) in [6, 6.07) is 2.04. The number of ketones is 1. The van der Waals surface area contributed by atoms with Gasteiger partial charge in [0.15, 0.2) is 16.9 Å². The third kappa shape index (κ3) is 4.28. The van der Waals surface area contributed by atoms with E-state index in [0.717, 1.165) is 24.4 Å². The van der Waals surface area contributed by atoms with E-state index in [2.05, 4.69) is 15.2 Å². The summed E-state index contributed by atoms with van der Waals surface area (Å²) >= 11 is 2.55. The molecule has 2 N–H and O–H groups in total. The van der Waals surface area contributed by atoms with Crippen molar-refractivity contribution in [3.05, 3.63) is 21.9 Å². The Labute approximate surface area is 158 Å². The minimum atomic E-state index is -0.869. The first kappa shape index (κ1) is 18.5. The number of primary amides is 1. The van der Waals surface area contributed by atoms with Crippen LogP contribution >= 0.6 is 23.1 Å². The molecule has 0 radical (unpaired) electrons. The van der Waals surface area contributed by atoms with Gasteiger partial charge in [0, 0.05) is 30.0 Å². The summed E-state index contributed by atoms with van der Waals surface area (Å²) in [5.41, 5.74) is 6.05. The number of thioether (sulfide) groups is 1. The molecule has 1 atom stereocenters. The zero-order valence-electron chi connectivity index (χ0n) is 14.2. The number of aromatic nitrogens is 4. The smallest absolute Gasteiger partial charge is 0.219 e. The Hall–Kier alpha value is -2.25. The van der Waals surface area contributed by atoms with E-state index < -0.39 is 11.8 Å². The number of thiazole rings is 1. The van der Waals surface area contributed by atoms with Crippen molar-refractivity contribution in [2.75, 3.05) is 5.75 Å². The number of amides is 1. The van der Waals surface area contributed by atoms with Gasteiger partial charge in [0.25, 0.3) is 0 Å². The maximum Gasteiger partial charge on any atom is 0.219 e. The summed E-state index contributed by atoms with van der Waals surface area (Å²) in [4.78, 5) is 27.8. The predicted octanol–water partition coefficient (Wildman–Crippen LogP) is 1.76. The molecule has 0 saturated heterocycles.